The summed E-state index contributed by atoms with van der Waals surface area (Å²) >= 11 is 1.64. The minimum atomic E-state index is -0.0954. The summed E-state index contributed by atoms with van der Waals surface area (Å²) in [6.07, 6.45) is 3.80. The fraction of sp³-hybridized carbons (Fsp3) is 0.286. The molecule has 5 nitrogen and oxygen atoms in total. The van der Waals surface area contributed by atoms with Crippen LogP contribution < -0.4 is 10.2 Å². The monoisotopic (exact) mass is 470 g/mol. The molecule has 0 bridgehead atoms. The Bertz CT molecular complexity index is 1290. The van der Waals surface area contributed by atoms with Crippen molar-refractivity contribution in [2.45, 2.75) is 25.8 Å². The van der Waals surface area contributed by atoms with E-state index in [2.05, 4.69) is 51.6 Å². The van der Waals surface area contributed by atoms with E-state index in [0.29, 0.717) is 5.56 Å². The lowest BCUT2D eigenvalue weighted by Crippen LogP contribution is -2.29. The standard InChI is InChI=1S/C28H30N4OS/c1-31(2)28-30-25-18-23(12-14-26(25)34-28)29-27(33)21-11-13-24(20-9-5-3-6-10-20)22(17-21)19-32-15-7-4-8-16-32/h3,5-6,9-14,17-18H,4,7-8,15-16,19H2,1-2H3,(H,29,33). The first-order valence-corrected chi connectivity index (χ1v) is 12.7. The van der Waals surface area contributed by atoms with Crippen molar-refractivity contribution in [2.24, 2.45) is 0 Å². The number of aromatic nitrogens is 1. The first-order valence-electron chi connectivity index (χ1n) is 11.9. The van der Waals surface area contributed by atoms with Gasteiger partial charge in [0, 0.05) is 31.9 Å². The van der Waals surface area contributed by atoms with Crippen molar-refractivity contribution in [2.75, 3.05) is 37.4 Å². The third-order valence-corrected chi connectivity index (χ3v) is 7.52. The molecule has 4 aromatic rings. The molecule has 3 aromatic carbocycles. The molecule has 1 aliphatic rings. The van der Waals surface area contributed by atoms with Crippen LogP contribution in [0, 0.1) is 0 Å². The summed E-state index contributed by atoms with van der Waals surface area (Å²) in [5, 5.41) is 4.03. The topological polar surface area (TPSA) is 48.5 Å². The first-order chi connectivity index (χ1) is 16.6. The molecule has 34 heavy (non-hydrogen) atoms. The van der Waals surface area contributed by atoms with E-state index in [0.717, 1.165) is 40.7 Å². The van der Waals surface area contributed by atoms with E-state index in [-0.39, 0.29) is 5.91 Å². The molecule has 5 rings (SSSR count). The molecule has 0 unspecified atom stereocenters. The number of carbonyl (C=O) groups excluding carboxylic acids is 1. The predicted molar refractivity (Wildman–Crippen MR) is 143 cm³/mol. The maximum atomic E-state index is 13.2. The van der Waals surface area contributed by atoms with E-state index in [9.17, 15) is 4.79 Å². The summed E-state index contributed by atoms with van der Waals surface area (Å²) in [5.41, 5.74) is 5.93. The number of nitrogens with zero attached hydrogens (tertiary/aromatic N) is 3. The molecule has 1 saturated heterocycles. The Morgan fingerprint density at radius 3 is 2.56 bits per heavy atom. The number of amides is 1. The summed E-state index contributed by atoms with van der Waals surface area (Å²) in [7, 11) is 3.97. The number of hydrogen-bond acceptors (Lipinski definition) is 5. The van der Waals surface area contributed by atoms with Crippen LogP contribution in [0.3, 0.4) is 0 Å². The SMILES string of the molecule is CN(C)c1nc2cc(NC(=O)c3ccc(-c4ccccc4)c(CN4CCCCC4)c3)ccc2s1. The Kier molecular flexibility index (Phi) is 6.61. The van der Waals surface area contributed by atoms with E-state index in [1.165, 1.54) is 36.0 Å². The quantitative estimate of drug-likeness (QED) is 0.361. The lowest BCUT2D eigenvalue weighted by molar-refractivity contribution is 0.102. The van der Waals surface area contributed by atoms with Crippen molar-refractivity contribution < 1.29 is 4.79 Å². The van der Waals surface area contributed by atoms with Gasteiger partial charge in [-0.2, -0.15) is 0 Å². The second kappa shape index (κ2) is 9.95. The first kappa shape index (κ1) is 22.6. The van der Waals surface area contributed by atoms with Crippen molar-refractivity contribution in [3.63, 3.8) is 0 Å². The van der Waals surface area contributed by atoms with Gasteiger partial charge in [-0.25, -0.2) is 4.98 Å². The average Bonchev–Trinajstić information content (AvgIpc) is 3.29. The van der Waals surface area contributed by atoms with Crippen LogP contribution in [0.5, 0.6) is 0 Å². The maximum Gasteiger partial charge on any atom is 0.255 e. The third-order valence-electron chi connectivity index (χ3n) is 6.31. The number of carbonyl (C=O) groups is 1. The molecule has 0 aliphatic carbocycles. The number of anilines is 2. The van der Waals surface area contributed by atoms with Gasteiger partial charge in [-0.3, -0.25) is 9.69 Å². The van der Waals surface area contributed by atoms with Crippen LogP contribution in [-0.2, 0) is 6.54 Å². The van der Waals surface area contributed by atoms with Gasteiger partial charge in [0.15, 0.2) is 5.13 Å². The zero-order valence-electron chi connectivity index (χ0n) is 19.8. The summed E-state index contributed by atoms with van der Waals surface area (Å²) in [5.74, 6) is -0.0954. The minimum Gasteiger partial charge on any atom is -0.354 e. The lowest BCUT2D eigenvalue weighted by Gasteiger charge is -2.27. The smallest absolute Gasteiger partial charge is 0.255 e. The summed E-state index contributed by atoms with van der Waals surface area (Å²) in [6.45, 7) is 3.10. The maximum absolute atomic E-state index is 13.2. The van der Waals surface area contributed by atoms with Crippen LogP contribution in [0.15, 0.2) is 66.7 Å². The highest BCUT2D eigenvalue weighted by molar-refractivity contribution is 7.22. The molecule has 0 saturated carbocycles. The Labute approximate surface area is 205 Å². The number of rotatable bonds is 6. The van der Waals surface area contributed by atoms with Gasteiger partial charge in [0.1, 0.15) is 0 Å². The highest BCUT2D eigenvalue weighted by Gasteiger charge is 2.16. The third kappa shape index (κ3) is 4.98. The van der Waals surface area contributed by atoms with Crippen LogP contribution in [0.2, 0.25) is 0 Å². The highest BCUT2D eigenvalue weighted by atomic mass is 32.1. The average molecular weight is 471 g/mol. The van der Waals surface area contributed by atoms with Crippen LogP contribution in [0.1, 0.15) is 35.2 Å². The van der Waals surface area contributed by atoms with Gasteiger partial charge in [0.25, 0.3) is 5.91 Å². The van der Waals surface area contributed by atoms with Gasteiger partial charge in [0.2, 0.25) is 0 Å². The van der Waals surface area contributed by atoms with Crippen LogP contribution in [0.25, 0.3) is 21.3 Å². The fourth-order valence-electron chi connectivity index (χ4n) is 4.51. The molecular weight excluding hydrogens is 440 g/mol. The molecule has 1 aliphatic heterocycles. The molecule has 2 heterocycles. The molecule has 0 spiro atoms. The van der Waals surface area contributed by atoms with Crippen molar-refractivity contribution in [1.82, 2.24) is 9.88 Å². The number of nitrogens with one attached hydrogen (secondary N) is 1. The van der Waals surface area contributed by atoms with E-state index in [4.69, 9.17) is 0 Å². The molecule has 1 amide bonds. The lowest BCUT2D eigenvalue weighted by atomic mass is 9.96. The number of likely N-dealkylation sites (tertiary alicyclic amines) is 1. The molecule has 0 radical (unpaired) electrons. The number of fused-ring (bicyclic) bond motifs is 1. The van der Waals surface area contributed by atoms with E-state index in [1.807, 2.05) is 49.3 Å². The second-order valence-electron chi connectivity index (χ2n) is 9.10. The Morgan fingerprint density at radius 2 is 1.79 bits per heavy atom. The molecule has 174 valence electrons. The van der Waals surface area contributed by atoms with Gasteiger partial charge in [-0.1, -0.05) is 54.2 Å². The summed E-state index contributed by atoms with van der Waals surface area (Å²) in [4.78, 5) is 22.4. The molecule has 1 N–H and O–H groups in total. The van der Waals surface area contributed by atoms with E-state index >= 15 is 0 Å². The van der Waals surface area contributed by atoms with Crippen molar-refractivity contribution in [1.29, 1.82) is 0 Å². The second-order valence-corrected chi connectivity index (χ2v) is 10.1. The van der Waals surface area contributed by atoms with Crippen molar-refractivity contribution in [3.05, 3.63) is 77.9 Å². The zero-order chi connectivity index (χ0) is 23.5. The van der Waals surface area contributed by atoms with Gasteiger partial charge < -0.3 is 10.2 Å². The van der Waals surface area contributed by atoms with Crippen LogP contribution in [-0.4, -0.2) is 43.0 Å². The Balaban J connectivity index is 1.41. The number of benzene rings is 3. The van der Waals surface area contributed by atoms with E-state index in [1.54, 1.807) is 11.3 Å². The summed E-state index contributed by atoms with van der Waals surface area (Å²) in [6, 6.07) is 22.5. The minimum absolute atomic E-state index is 0.0954. The highest BCUT2D eigenvalue weighted by Crippen LogP contribution is 2.30. The number of piperidine rings is 1. The van der Waals surface area contributed by atoms with Crippen LogP contribution >= 0.6 is 11.3 Å². The fourth-order valence-corrected chi connectivity index (χ4v) is 5.38. The zero-order valence-corrected chi connectivity index (χ0v) is 20.6. The van der Waals surface area contributed by atoms with E-state index < -0.39 is 0 Å². The number of hydrogen-bond donors (Lipinski definition) is 1. The predicted octanol–water partition coefficient (Wildman–Crippen LogP) is 6.27. The summed E-state index contributed by atoms with van der Waals surface area (Å²) < 4.78 is 1.11. The largest absolute Gasteiger partial charge is 0.354 e. The molecule has 1 aromatic heterocycles. The molecular formula is C28H30N4OS. The van der Waals surface area contributed by atoms with Crippen molar-refractivity contribution in [3.8, 4) is 11.1 Å². The van der Waals surface area contributed by atoms with Gasteiger partial charge in [-0.15, -0.1) is 0 Å². The van der Waals surface area contributed by atoms with Crippen LogP contribution in [0.4, 0.5) is 10.8 Å². The van der Waals surface area contributed by atoms with Gasteiger partial charge >= 0.3 is 0 Å². The van der Waals surface area contributed by atoms with Gasteiger partial charge in [-0.05, 0) is 73.0 Å². The Morgan fingerprint density at radius 1 is 1.00 bits per heavy atom. The number of thiazole rings is 1. The van der Waals surface area contributed by atoms with Gasteiger partial charge in [0.05, 0.1) is 10.2 Å². The molecule has 0 atom stereocenters. The molecule has 6 heteroatoms. The van der Waals surface area contributed by atoms with Crippen molar-refractivity contribution >= 4 is 38.3 Å². The molecule has 1 fully saturated rings. The normalized spacial score (nSPS) is 14.3. The Hall–Kier alpha value is -3.22.